The van der Waals surface area contributed by atoms with Gasteiger partial charge in [-0.1, -0.05) is 22.9 Å². The van der Waals surface area contributed by atoms with Crippen LogP contribution in [-0.4, -0.2) is 16.3 Å². The Bertz CT molecular complexity index is 85.0. The molecule has 0 saturated carbocycles. The predicted octanol–water partition coefficient (Wildman–Crippen LogP) is 2.91. The zero-order chi connectivity index (χ0) is 6.69. The Kier molecular flexibility index (Phi) is 3.41. The molecule has 1 saturated heterocycles. The molecular weight excluding hydrogens is 196 g/mol. The van der Waals surface area contributed by atoms with Gasteiger partial charge in [-0.3, -0.25) is 0 Å². The molecule has 2 heteroatoms. The summed E-state index contributed by atoms with van der Waals surface area (Å²) in [7, 11) is 0. The van der Waals surface area contributed by atoms with E-state index < -0.39 is 0 Å². The van der Waals surface area contributed by atoms with E-state index in [9.17, 15) is 0 Å². The van der Waals surface area contributed by atoms with E-state index in [1.165, 1.54) is 23.9 Å². The second-order valence-electron chi connectivity index (χ2n) is 2.63. The highest BCUT2D eigenvalue weighted by atomic mass is 79.9. The number of alkyl halides is 1. The molecule has 0 bridgehead atoms. The number of halogens is 1. The Morgan fingerprint density at radius 2 is 2.44 bits per heavy atom. The van der Waals surface area contributed by atoms with E-state index in [4.69, 9.17) is 0 Å². The summed E-state index contributed by atoms with van der Waals surface area (Å²) in [6.45, 7) is 2.34. The lowest BCUT2D eigenvalue weighted by molar-refractivity contribution is 0.518. The molecule has 0 aromatic rings. The Morgan fingerprint density at radius 1 is 1.67 bits per heavy atom. The molecule has 1 aliphatic rings. The lowest BCUT2D eigenvalue weighted by Crippen LogP contribution is -2.20. The number of thioether (sulfide) groups is 1. The minimum absolute atomic E-state index is 0.887. The fraction of sp³-hybridized carbons (Fsp3) is 1.00. The molecule has 0 spiro atoms. The summed E-state index contributed by atoms with van der Waals surface area (Å²) >= 11 is 5.66. The fourth-order valence-corrected chi connectivity index (χ4v) is 3.53. The molecule has 0 N–H and O–H groups in total. The Labute approximate surface area is 69.9 Å². The quantitative estimate of drug-likeness (QED) is 0.598. The smallest absolute Gasteiger partial charge is 0.00701 e. The highest BCUT2D eigenvalue weighted by molar-refractivity contribution is 9.09. The predicted molar refractivity (Wildman–Crippen MR) is 48.4 cm³/mol. The van der Waals surface area contributed by atoms with Crippen LogP contribution in [0.25, 0.3) is 0 Å². The van der Waals surface area contributed by atoms with E-state index in [0.717, 1.165) is 11.2 Å². The molecule has 0 amide bonds. The van der Waals surface area contributed by atoms with Gasteiger partial charge in [0.2, 0.25) is 0 Å². The van der Waals surface area contributed by atoms with E-state index in [-0.39, 0.29) is 0 Å². The van der Waals surface area contributed by atoms with Crippen LogP contribution in [0.3, 0.4) is 0 Å². The van der Waals surface area contributed by atoms with E-state index >= 15 is 0 Å². The van der Waals surface area contributed by atoms with Crippen molar-refractivity contribution < 1.29 is 0 Å². The van der Waals surface area contributed by atoms with Crippen LogP contribution in [-0.2, 0) is 0 Å². The van der Waals surface area contributed by atoms with Crippen LogP contribution in [0.4, 0.5) is 0 Å². The largest absolute Gasteiger partial charge is 0.159 e. The molecule has 9 heavy (non-hydrogen) atoms. The van der Waals surface area contributed by atoms with Crippen molar-refractivity contribution in [3.05, 3.63) is 0 Å². The number of hydrogen-bond donors (Lipinski definition) is 0. The average molecular weight is 209 g/mol. The first-order chi connectivity index (χ1) is 4.34. The van der Waals surface area contributed by atoms with E-state index in [1.807, 2.05) is 0 Å². The monoisotopic (exact) mass is 208 g/mol. The topological polar surface area (TPSA) is 0 Å². The Balaban J connectivity index is 2.30. The molecule has 2 atom stereocenters. The minimum atomic E-state index is 0.887. The molecule has 1 rings (SSSR count). The second kappa shape index (κ2) is 3.87. The highest BCUT2D eigenvalue weighted by Crippen LogP contribution is 2.30. The van der Waals surface area contributed by atoms with Crippen molar-refractivity contribution in [2.75, 3.05) is 11.1 Å². The maximum absolute atomic E-state index is 3.54. The molecule has 54 valence electrons. The molecule has 0 nitrogen and oxygen atoms in total. The van der Waals surface area contributed by atoms with E-state index in [0.29, 0.717) is 0 Å². The summed E-state index contributed by atoms with van der Waals surface area (Å²) < 4.78 is 0. The van der Waals surface area contributed by atoms with Crippen LogP contribution < -0.4 is 0 Å². The summed E-state index contributed by atoms with van der Waals surface area (Å²) in [5, 5.41) is 2.08. The van der Waals surface area contributed by atoms with Gasteiger partial charge in [0.05, 0.1) is 0 Å². The maximum Gasteiger partial charge on any atom is 0.00701 e. The second-order valence-corrected chi connectivity index (χ2v) is 4.77. The van der Waals surface area contributed by atoms with Crippen LogP contribution in [0.15, 0.2) is 0 Å². The van der Waals surface area contributed by atoms with Crippen LogP contribution in [0, 0.1) is 5.92 Å². The average Bonchev–Trinajstić information content (AvgIpc) is 1.89. The highest BCUT2D eigenvalue weighted by Gasteiger charge is 2.19. The summed E-state index contributed by atoms with van der Waals surface area (Å²) in [6, 6.07) is 0. The fourth-order valence-electron chi connectivity index (χ4n) is 1.19. The van der Waals surface area contributed by atoms with Crippen molar-refractivity contribution in [3.8, 4) is 0 Å². The third kappa shape index (κ3) is 2.15. The third-order valence-corrected chi connectivity index (χ3v) is 4.23. The molecule has 0 aromatic carbocycles. The zero-order valence-corrected chi connectivity index (χ0v) is 8.17. The normalized spacial score (nSPS) is 36.7. The van der Waals surface area contributed by atoms with Gasteiger partial charge in [0.15, 0.2) is 0 Å². The molecule has 0 aromatic heterocycles. The SMILES string of the molecule is CC1SCCCC1CBr. The van der Waals surface area contributed by atoms with Crippen LogP contribution in [0.5, 0.6) is 0 Å². The molecular formula is C7H13BrS. The Hall–Kier alpha value is 0.830. The summed E-state index contributed by atoms with van der Waals surface area (Å²) in [5.41, 5.74) is 0. The number of rotatable bonds is 1. The van der Waals surface area contributed by atoms with Crippen molar-refractivity contribution in [2.45, 2.75) is 25.0 Å². The van der Waals surface area contributed by atoms with Gasteiger partial charge in [0, 0.05) is 10.6 Å². The van der Waals surface area contributed by atoms with Crippen molar-refractivity contribution in [2.24, 2.45) is 5.92 Å². The zero-order valence-electron chi connectivity index (χ0n) is 5.77. The van der Waals surface area contributed by atoms with Gasteiger partial charge in [0.1, 0.15) is 0 Å². The van der Waals surface area contributed by atoms with Crippen molar-refractivity contribution >= 4 is 27.7 Å². The Morgan fingerprint density at radius 3 is 2.89 bits per heavy atom. The van der Waals surface area contributed by atoms with E-state index in [1.54, 1.807) is 0 Å². The van der Waals surface area contributed by atoms with Gasteiger partial charge >= 0.3 is 0 Å². The van der Waals surface area contributed by atoms with Crippen molar-refractivity contribution in [1.82, 2.24) is 0 Å². The summed E-state index contributed by atoms with van der Waals surface area (Å²) in [5.74, 6) is 2.31. The lowest BCUT2D eigenvalue weighted by atomic mass is 10.0. The van der Waals surface area contributed by atoms with Crippen molar-refractivity contribution in [1.29, 1.82) is 0 Å². The third-order valence-electron chi connectivity index (χ3n) is 1.96. The van der Waals surface area contributed by atoms with Crippen LogP contribution in [0.1, 0.15) is 19.8 Å². The van der Waals surface area contributed by atoms with Gasteiger partial charge in [-0.05, 0) is 24.5 Å². The van der Waals surface area contributed by atoms with Gasteiger partial charge in [-0.25, -0.2) is 0 Å². The summed E-state index contributed by atoms with van der Waals surface area (Å²) in [6.07, 6.45) is 2.85. The molecule has 1 fully saturated rings. The van der Waals surface area contributed by atoms with Crippen LogP contribution >= 0.6 is 27.7 Å². The molecule has 1 aliphatic heterocycles. The standard InChI is InChI=1S/C7H13BrS/c1-6-7(5-8)3-2-4-9-6/h6-7H,2-5H2,1H3. The summed E-state index contributed by atoms with van der Waals surface area (Å²) in [4.78, 5) is 0. The lowest BCUT2D eigenvalue weighted by Gasteiger charge is -2.26. The number of hydrogen-bond acceptors (Lipinski definition) is 1. The molecule has 0 aliphatic carbocycles. The molecule has 1 heterocycles. The van der Waals surface area contributed by atoms with Gasteiger partial charge in [-0.15, -0.1) is 0 Å². The molecule has 2 unspecified atom stereocenters. The van der Waals surface area contributed by atoms with Gasteiger partial charge in [-0.2, -0.15) is 11.8 Å². The first-order valence-corrected chi connectivity index (χ1v) is 5.69. The molecule has 0 radical (unpaired) electrons. The van der Waals surface area contributed by atoms with Gasteiger partial charge in [0.25, 0.3) is 0 Å². The first kappa shape index (κ1) is 7.93. The maximum atomic E-state index is 3.54. The minimum Gasteiger partial charge on any atom is -0.159 e. The van der Waals surface area contributed by atoms with Crippen molar-refractivity contribution in [3.63, 3.8) is 0 Å². The van der Waals surface area contributed by atoms with E-state index in [2.05, 4.69) is 34.6 Å². The van der Waals surface area contributed by atoms with Crippen LogP contribution in [0.2, 0.25) is 0 Å². The van der Waals surface area contributed by atoms with Gasteiger partial charge < -0.3 is 0 Å². The first-order valence-electron chi connectivity index (χ1n) is 3.52.